The Hall–Kier alpha value is -1.32. The highest BCUT2D eigenvalue weighted by atomic mass is 15.1. The maximum atomic E-state index is 5.48. The first-order valence-electron chi connectivity index (χ1n) is 4.26. The quantitative estimate of drug-likeness (QED) is 0.688. The lowest BCUT2D eigenvalue weighted by Crippen LogP contribution is -2.27. The van der Waals surface area contributed by atoms with Crippen molar-refractivity contribution in [2.24, 2.45) is 0 Å². The monoisotopic (exact) mass is 180 g/mol. The summed E-state index contributed by atoms with van der Waals surface area (Å²) in [4.78, 5) is 8.01. The van der Waals surface area contributed by atoms with Gasteiger partial charge in [-0.15, -0.1) is 0 Å². The van der Waals surface area contributed by atoms with Crippen LogP contribution in [0.25, 0.3) is 0 Å². The van der Waals surface area contributed by atoms with Gasteiger partial charge in [-0.05, 0) is 27.7 Å². The van der Waals surface area contributed by atoms with Crippen molar-refractivity contribution < 1.29 is 0 Å². The van der Waals surface area contributed by atoms with Crippen LogP contribution in [0, 0.1) is 6.92 Å². The first-order chi connectivity index (χ1) is 5.88. The van der Waals surface area contributed by atoms with Crippen LogP contribution < -0.4 is 11.1 Å². The van der Waals surface area contributed by atoms with E-state index in [9.17, 15) is 0 Å². The summed E-state index contributed by atoms with van der Waals surface area (Å²) in [5.41, 5.74) is 6.48. The summed E-state index contributed by atoms with van der Waals surface area (Å²) in [6.45, 7) is 8.17. The second kappa shape index (κ2) is 3.20. The van der Waals surface area contributed by atoms with Crippen LogP contribution in [-0.2, 0) is 0 Å². The molecule has 4 heteroatoms. The van der Waals surface area contributed by atoms with E-state index in [1.165, 1.54) is 0 Å². The third-order valence-electron chi connectivity index (χ3n) is 1.48. The fourth-order valence-electron chi connectivity index (χ4n) is 0.937. The number of nitrogen functional groups attached to an aromatic ring is 1. The van der Waals surface area contributed by atoms with Crippen molar-refractivity contribution >= 4 is 11.8 Å². The summed E-state index contributed by atoms with van der Waals surface area (Å²) < 4.78 is 0. The maximum Gasteiger partial charge on any atom is 0.221 e. The molecule has 0 aromatic carbocycles. The van der Waals surface area contributed by atoms with E-state index in [1.807, 2.05) is 6.92 Å². The molecule has 0 bridgehead atoms. The minimum absolute atomic E-state index is 0.00838. The van der Waals surface area contributed by atoms with Crippen molar-refractivity contribution in [2.75, 3.05) is 11.1 Å². The highest BCUT2D eigenvalue weighted by Crippen LogP contribution is 2.16. The summed E-state index contributed by atoms with van der Waals surface area (Å²) >= 11 is 0. The van der Waals surface area contributed by atoms with E-state index in [0.29, 0.717) is 5.95 Å². The van der Waals surface area contributed by atoms with Gasteiger partial charge in [0.15, 0.2) is 0 Å². The molecular weight excluding hydrogens is 164 g/mol. The van der Waals surface area contributed by atoms with Gasteiger partial charge in [-0.25, -0.2) is 4.98 Å². The van der Waals surface area contributed by atoms with E-state index in [-0.39, 0.29) is 5.54 Å². The number of nitrogens with two attached hydrogens (primary N) is 1. The van der Waals surface area contributed by atoms with Crippen molar-refractivity contribution in [3.8, 4) is 0 Å². The smallest absolute Gasteiger partial charge is 0.221 e. The highest BCUT2D eigenvalue weighted by molar-refractivity contribution is 5.46. The molecule has 0 radical (unpaired) electrons. The Morgan fingerprint density at radius 3 is 2.54 bits per heavy atom. The Morgan fingerprint density at radius 2 is 2.00 bits per heavy atom. The van der Waals surface area contributed by atoms with Crippen LogP contribution in [0.15, 0.2) is 6.20 Å². The van der Waals surface area contributed by atoms with E-state index < -0.39 is 0 Å². The number of aryl methyl sites for hydroxylation is 1. The number of nitrogens with zero attached hydrogens (tertiary/aromatic N) is 2. The molecule has 0 amide bonds. The predicted molar refractivity (Wildman–Crippen MR) is 54.6 cm³/mol. The molecule has 0 spiro atoms. The Morgan fingerprint density at radius 1 is 1.38 bits per heavy atom. The summed E-state index contributed by atoms with van der Waals surface area (Å²) in [7, 11) is 0. The van der Waals surface area contributed by atoms with Gasteiger partial charge in [0.1, 0.15) is 5.82 Å². The molecule has 1 aromatic heterocycles. The van der Waals surface area contributed by atoms with E-state index in [0.717, 1.165) is 11.4 Å². The zero-order valence-electron chi connectivity index (χ0n) is 8.55. The molecule has 0 saturated carbocycles. The third kappa shape index (κ3) is 2.89. The molecule has 0 saturated heterocycles. The molecule has 0 unspecified atom stereocenters. The Labute approximate surface area is 78.6 Å². The second-order valence-corrected chi connectivity index (χ2v) is 4.13. The first kappa shape index (κ1) is 9.77. The van der Waals surface area contributed by atoms with Gasteiger partial charge < -0.3 is 11.1 Å². The summed E-state index contributed by atoms with van der Waals surface area (Å²) in [6.07, 6.45) is 1.72. The van der Waals surface area contributed by atoms with Gasteiger partial charge >= 0.3 is 0 Å². The minimum Gasteiger partial charge on any atom is -0.368 e. The van der Waals surface area contributed by atoms with Crippen molar-refractivity contribution in [1.29, 1.82) is 0 Å². The average Bonchev–Trinajstić information content (AvgIpc) is 1.94. The molecule has 1 rings (SSSR count). The summed E-state index contributed by atoms with van der Waals surface area (Å²) in [5, 5.41) is 3.26. The van der Waals surface area contributed by atoms with Crippen molar-refractivity contribution in [3.63, 3.8) is 0 Å². The second-order valence-electron chi connectivity index (χ2n) is 4.13. The third-order valence-corrected chi connectivity index (χ3v) is 1.48. The molecule has 72 valence electrons. The van der Waals surface area contributed by atoms with Crippen LogP contribution in [0.5, 0.6) is 0 Å². The normalized spacial score (nSPS) is 11.4. The largest absolute Gasteiger partial charge is 0.368 e. The maximum absolute atomic E-state index is 5.48. The van der Waals surface area contributed by atoms with Crippen LogP contribution >= 0.6 is 0 Å². The molecule has 3 N–H and O–H groups in total. The van der Waals surface area contributed by atoms with E-state index in [1.54, 1.807) is 6.20 Å². The molecule has 0 aliphatic heterocycles. The van der Waals surface area contributed by atoms with Gasteiger partial charge in [0, 0.05) is 17.3 Å². The zero-order chi connectivity index (χ0) is 10.1. The van der Waals surface area contributed by atoms with E-state index in [2.05, 4.69) is 36.1 Å². The fraction of sp³-hybridized carbons (Fsp3) is 0.556. The topological polar surface area (TPSA) is 63.8 Å². The van der Waals surface area contributed by atoms with Crippen molar-refractivity contribution in [1.82, 2.24) is 9.97 Å². The van der Waals surface area contributed by atoms with Gasteiger partial charge in [-0.3, -0.25) is 0 Å². The zero-order valence-corrected chi connectivity index (χ0v) is 8.55. The number of hydrogen-bond donors (Lipinski definition) is 2. The summed E-state index contributed by atoms with van der Waals surface area (Å²) in [5.74, 6) is 1.11. The highest BCUT2D eigenvalue weighted by Gasteiger charge is 2.12. The Balaban J connectivity index is 2.94. The van der Waals surface area contributed by atoms with Gasteiger partial charge in [-0.2, -0.15) is 4.98 Å². The van der Waals surface area contributed by atoms with E-state index >= 15 is 0 Å². The van der Waals surface area contributed by atoms with Crippen LogP contribution in [0.2, 0.25) is 0 Å². The number of anilines is 2. The number of rotatable bonds is 1. The van der Waals surface area contributed by atoms with Gasteiger partial charge in [0.05, 0.1) is 0 Å². The number of aromatic nitrogens is 2. The first-order valence-corrected chi connectivity index (χ1v) is 4.26. The summed E-state index contributed by atoms with van der Waals surface area (Å²) in [6, 6.07) is 0. The number of nitrogens with one attached hydrogen (secondary N) is 1. The van der Waals surface area contributed by atoms with Crippen molar-refractivity contribution in [2.45, 2.75) is 33.2 Å². The molecule has 0 atom stereocenters. The standard InChI is InChI=1S/C9H16N4/c1-6-5-11-8(10)12-7(6)13-9(2,3)4/h5H,1-4H3,(H3,10,11,12,13). The molecule has 4 nitrogen and oxygen atoms in total. The molecule has 0 aliphatic carbocycles. The lowest BCUT2D eigenvalue weighted by atomic mass is 10.1. The number of hydrogen-bond acceptors (Lipinski definition) is 4. The van der Waals surface area contributed by atoms with Crippen LogP contribution in [0.3, 0.4) is 0 Å². The minimum atomic E-state index is -0.00838. The van der Waals surface area contributed by atoms with Crippen LogP contribution in [0.1, 0.15) is 26.3 Å². The molecule has 0 aliphatic rings. The molecule has 1 heterocycles. The lowest BCUT2D eigenvalue weighted by Gasteiger charge is -2.22. The van der Waals surface area contributed by atoms with Crippen LogP contribution in [-0.4, -0.2) is 15.5 Å². The SMILES string of the molecule is Cc1cnc(N)nc1NC(C)(C)C. The van der Waals surface area contributed by atoms with Gasteiger partial charge in [0.2, 0.25) is 5.95 Å². The fourth-order valence-corrected chi connectivity index (χ4v) is 0.937. The molecule has 1 aromatic rings. The Bertz CT molecular complexity index is 301. The molecule has 13 heavy (non-hydrogen) atoms. The lowest BCUT2D eigenvalue weighted by molar-refractivity contribution is 0.629. The van der Waals surface area contributed by atoms with E-state index in [4.69, 9.17) is 5.73 Å². The Kier molecular flexibility index (Phi) is 2.40. The van der Waals surface area contributed by atoms with Gasteiger partial charge in [0.25, 0.3) is 0 Å². The van der Waals surface area contributed by atoms with Crippen molar-refractivity contribution in [3.05, 3.63) is 11.8 Å². The molecule has 0 fully saturated rings. The predicted octanol–water partition coefficient (Wildman–Crippen LogP) is 1.58. The van der Waals surface area contributed by atoms with Gasteiger partial charge in [-0.1, -0.05) is 0 Å². The van der Waals surface area contributed by atoms with Crippen LogP contribution in [0.4, 0.5) is 11.8 Å². The average molecular weight is 180 g/mol. The molecular formula is C9H16N4.